The van der Waals surface area contributed by atoms with Crippen LogP contribution < -0.4 is 0 Å². The molecule has 3 heteroatoms. The van der Waals surface area contributed by atoms with E-state index in [4.69, 9.17) is 5.26 Å². The van der Waals surface area contributed by atoms with Gasteiger partial charge in [-0.1, -0.05) is 6.07 Å². The lowest BCUT2D eigenvalue weighted by atomic mass is 10.2. The molecule has 1 aromatic heterocycles. The fraction of sp³-hybridized carbons (Fsp3) is 0.0833. The van der Waals surface area contributed by atoms with Crippen molar-refractivity contribution < 1.29 is 0 Å². The minimum absolute atomic E-state index is 0.737. The summed E-state index contributed by atoms with van der Waals surface area (Å²) in [6, 6.07) is 12.1. The second-order valence-corrected chi connectivity index (χ2v) is 3.90. The zero-order valence-electron chi connectivity index (χ0n) is 8.34. The largest absolute Gasteiger partial charge is 0.323 e. The fourth-order valence-electron chi connectivity index (χ4n) is 1.51. The molecule has 0 saturated carbocycles. The van der Waals surface area contributed by atoms with E-state index in [1.165, 1.54) is 0 Å². The van der Waals surface area contributed by atoms with E-state index in [1.807, 2.05) is 53.5 Å². The highest BCUT2D eigenvalue weighted by Crippen LogP contribution is 2.25. The van der Waals surface area contributed by atoms with Crippen LogP contribution in [0, 0.1) is 11.3 Å². The van der Waals surface area contributed by atoms with Crippen molar-refractivity contribution >= 4 is 11.8 Å². The van der Waals surface area contributed by atoms with Gasteiger partial charge in [0, 0.05) is 17.3 Å². The first kappa shape index (κ1) is 9.88. The molecule has 2 aromatic rings. The lowest BCUT2D eigenvalue weighted by molar-refractivity contribution is 1.06. The van der Waals surface area contributed by atoms with E-state index < -0.39 is 0 Å². The zero-order chi connectivity index (χ0) is 10.7. The van der Waals surface area contributed by atoms with E-state index >= 15 is 0 Å². The molecule has 0 radical (unpaired) electrons. The Balaban J connectivity index is 2.63. The van der Waals surface area contributed by atoms with Crippen LogP contribution in [0.25, 0.3) is 5.69 Å². The van der Waals surface area contributed by atoms with Crippen molar-refractivity contribution in [1.82, 2.24) is 4.57 Å². The molecule has 15 heavy (non-hydrogen) atoms. The van der Waals surface area contributed by atoms with Crippen LogP contribution >= 0.6 is 11.8 Å². The maximum Gasteiger partial charge on any atom is 0.103 e. The molecule has 0 unspecified atom stereocenters. The number of hydrogen-bond donors (Lipinski definition) is 0. The van der Waals surface area contributed by atoms with Crippen LogP contribution in [0.1, 0.15) is 5.56 Å². The van der Waals surface area contributed by atoms with E-state index in [1.54, 1.807) is 11.8 Å². The van der Waals surface area contributed by atoms with Gasteiger partial charge in [-0.2, -0.15) is 5.26 Å². The van der Waals surface area contributed by atoms with Crippen molar-refractivity contribution in [3.63, 3.8) is 0 Å². The summed E-state index contributed by atoms with van der Waals surface area (Å²) in [6.45, 7) is 0. The number of nitrogens with zero attached hydrogens (tertiary/aromatic N) is 2. The molecule has 2 nitrogen and oxygen atoms in total. The van der Waals surface area contributed by atoms with Crippen molar-refractivity contribution in [2.75, 3.05) is 6.26 Å². The molecular formula is C12H10N2S. The third-order valence-electron chi connectivity index (χ3n) is 2.22. The molecule has 0 saturated heterocycles. The van der Waals surface area contributed by atoms with Gasteiger partial charge in [0.2, 0.25) is 0 Å². The molecule has 1 heterocycles. The Bertz CT molecular complexity index is 495. The first-order valence-corrected chi connectivity index (χ1v) is 5.79. The van der Waals surface area contributed by atoms with E-state index in [0.717, 1.165) is 16.1 Å². The van der Waals surface area contributed by atoms with Crippen LogP contribution in [0.15, 0.2) is 47.6 Å². The minimum atomic E-state index is 0.737. The average Bonchev–Trinajstić information content (AvgIpc) is 2.81. The van der Waals surface area contributed by atoms with Gasteiger partial charge < -0.3 is 4.57 Å². The lowest BCUT2D eigenvalue weighted by Crippen LogP contribution is -1.95. The van der Waals surface area contributed by atoms with Gasteiger partial charge in [-0.05, 0) is 30.5 Å². The van der Waals surface area contributed by atoms with E-state index in [0.29, 0.717) is 0 Å². The van der Waals surface area contributed by atoms with Gasteiger partial charge in [-0.3, -0.25) is 0 Å². The van der Waals surface area contributed by atoms with Crippen LogP contribution in [0.2, 0.25) is 0 Å². The van der Waals surface area contributed by atoms with Gasteiger partial charge in [0.05, 0.1) is 11.3 Å². The number of rotatable bonds is 2. The zero-order valence-corrected chi connectivity index (χ0v) is 9.16. The highest BCUT2D eigenvalue weighted by Gasteiger charge is 2.07. The Morgan fingerprint density at radius 3 is 2.53 bits per heavy atom. The Morgan fingerprint density at radius 1 is 1.20 bits per heavy atom. The van der Waals surface area contributed by atoms with Gasteiger partial charge in [0.1, 0.15) is 6.07 Å². The highest BCUT2D eigenvalue weighted by molar-refractivity contribution is 7.98. The molecule has 0 atom stereocenters. The van der Waals surface area contributed by atoms with Crippen LogP contribution in [-0.4, -0.2) is 10.8 Å². The quantitative estimate of drug-likeness (QED) is 0.719. The van der Waals surface area contributed by atoms with E-state index in [2.05, 4.69) is 6.07 Å². The monoisotopic (exact) mass is 214 g/mol. The van der Waals surface area contributed by atoms with E-state index in [-0.39, 0.29) is 0 Å². The summed E-state index contributed by atoms with van der Waals surface area (Å²) >= 11 is 1.60. The Morgan fingerprint density at radius 2 is 1.93 bits per heavy atom. The predicted octanol–water partition coefficient (Wildman–Crippen LogP) is 3.07. The molecule has 0 N–H and O–H groups in total. The van der Waals surface area contributed by atoms with Gasteiger partial charge in [0.25, 0.3) is 0 Å². The molecule has 0 amide bonds. The number of hydrogen-bond acceptors (Lipinski definition) is 2. The van der Waals surface area contributed by atoms with Crippen molar-refractivity contribution in [2.45, 2.75) is 4.90 Å². The van der Waals surface area contributed by atoms with Crippen molar-refractivity contribution in [1.29, 1.82) is 5.26 Å². The predicted molar refractivity (Wildman–Crippen MR) is 62.3 cm³/mol. The van der Waals surface area contributed by atoms with Gasteiger partial charge in [-0.15, -0.1) is 11.8 Å². The first-order chi connectivity index (χ1) is 7.36. The summed E-state index contributed by atoms with van der Waals surface area (Å²) in [7, 11) is 0. The molecule has 2 rings (SSSR count). The Kier molecular flexibility index (Phi) is 2.79. The van der Waals surface area contributed by atoms with Crippen molar-refractivity contribution in [3.05, 3.63) is 48.3 Å². The molecule has 0 aliphatic rings. The third-order valence-corrected chi connectivity index (χ3v) is 3.00. The van der Waals surface area contributed by atoms with Crippen LogP contribution in [-0.2, 0) is 0 Å². The van der Waals surface area contributed by atoms with Gasteiger partial charge in [0.15, 0.2) is 0 Å². The molecule has 0 aliphatic heterocycles. The fourth-order valence-corrected chi connectivity index (χ4v) is 2.08. The van der Waals surface area contributed by atoms with Crippen LogP contribution in [0.4, 0.5) is 0 Å². The normalized spacial score (nSPS) is 9.87. The Labute approximate surface area is 93.2 Å². The summed E-state index contributed by atoms with van der Waals surface area (Å²) in [4.78, 5) is 1.02. The van der Waals surface area contributed by atoms with Gasteiger partial charge in [-0.25, -0.2) is 0 Å². The Hall–Kier alpha value is -1.66. The summed E-state index contributed by atoms with van der Waals surface area (Å²) in [6.07, 6.45) is 5.87. The third kappa shape index (κ3) is 1.77. The smallest absolute Gasteiger partial charge is 0.103 e. The number of benzene rings is 1. The van der Waals surface area contributed by atoms with Crippen LogP contribution in [0.3, 0.4) is 0 Å². The molecule has 0 aliphatic carbocycles. The minimum Gasteiger partial charge on any atom is -0.323 e. The van der Waals surface area contributed by atoms with Crippen LogP contribution in [0.5, 0.6) is 0 Å². The maximum absolute atomic E-state index is 9.15. The second kappa shape index (κ2) is 4.24. The topological polar surface area (TPSA) is 28.7 Å². The molecular weight excluding hydrogens is 204 g/mol. The highest BCUT2D eigenvalue weighted by atomic mass is 32.2. The number of aromatic nitrogens is 1. The summed E-state index contributed by atoms with van der Waals surface area (Å²) < 4.78 is 1.96. The maximum atomic E-state index is 9.15. The summed E-state index contributed by atoms with van der Waals surface area (Å²) in [5.74, 6) is 0. The van der Waals surface area contributed by atoms with Crippen molar-refractivity contribution in [2.24, 2.45) is 0 Å². The number of nitriles is 1. The molecule has 0 spiro atoms. The number of thioether (sulfide) groups is 1. The summed E-state index contributed by atoms with van der Waals surface area (Å²) in [5.41, 5.74) is 1.68. The molecule has 0 fully saturated rings. The second-order valence-electron chi connectivity index (χ2n) is 3.06. The average molecular weight is 214 g/mol. The molecule has 0 bridgehead atoms. The van der Waals surface area contributed by atoms with Crippen molar-refractivity contribution in [3.8, 4) is 11.8 Å². The lowest BCUT2D eigenvalue weighted by Gasteiger charge is -2.08. The summed E-state index contributed by atoms with van der Waals surface area (Å²) in [5, 5.41) is 9.15. The SMILES string of the molecule is CSc1cccc(-n2cccc2)c1C#N. The van der Waals surface area contributed by atoms with E-state index in [9.17, 15) is 0 Å². The van der Waals surface area contributed by atoms with Gasteiger partial charge >= 0.3 is 0 Å². The molecule has 74 valence electrons. The first-order valence-electron chi connectivity index (χ1n) is 4.57. The molecule has 1 aromatic carbocycles. The standard InChI is InChI=1S/C12H10N2S/c1-15-12-6-4-5-11(10(12)9-13)14-7-2-3-8-14/h2-8H,1H3.